The van der Waals surface area contributed by atoms with Crippen LogP contribution in [0.4, 0.5) is 0 Å². The second-order valence-electron chi connectivity index (χ2n) is 3.33. The molecule has 0 radical (unpaired) electrons. The highest BCUT2D eigenvalue weighted by Crippen LogP contribution is 2.22. The molecule has 15 heavy (non-hydrogen) atoms. The third kappa shape index (κ3) is 4.62. The van der Waals surface area contributed by atoms with Crippen molar-refractivity contribution in [3.63, 3.8) is 0 Å². The minimum Gasteiger partial charge on any atom is -0.493 e. The van der Waals surface area contributed by atoms with Gasteiger partial charge in [-0.15, -0.1) is 0 Å². The Morgan fingerprint density at radius 1 is 1.53 bits per heavy atom. The first kappa shape index (κ1) is 12.5. The fraction of sp³-hybridized carbons (Fsp3) is 0.364. The summed E-state index contributed by atoms with van der Waals surface area (Å²) in [5.41, 5.74) is 6.52. The molecule has 0 aromatic heterocycles. The first-order valence-electron chi connectivity index (χ1n) is 4.77. The molecule has 1 rings (SSSR count). The maximum Gasteiger partial charge on any atom is 0.122 e. The maximum atomic E-state index is 5.61. The molecular formula is C11H14BrNOS. The predicted octanol–water partition coefficient (Wildman–Crippen LogP) is 3.20. The summed E-state index contributed by atoms with van der Waals surface area (Å²) in [4.78, 5) is 0.547. The molecule has 0 unspecified atom stereocenters. The average molecular weight is 288 g/mol. The Hall–Kier alpha value is -0.610. The smallest absolute Gasteiger partial charge is 0.122 e. The van der Waals surface area contributed by atoms with Crippen molar-refractivity contribution in [2.75, 3.05) is 6.61 Å². The number of hydrogen-bond acceptors (Lipinski definition) is 2. The molecule has 0 saturated carbocycles. The first-order valence-corrected chi connectivity index (χ1v) is 5.97. The van der Waals surface area contributed by atoms with Gasteiger partial charge in [0.2, 0.25) is 0 Å². The molecule has 0 amide bonds. The van der Waals surface area contributed by atoms with Crippen LogP contribution in [0.25, 0.3) is 0 Å². The Morgan fingerprint density at radius 2 is 2.27 bits per heavy atom. The molecule has 82 valence electrons. The lowest BCUT2D eigenvalue weighted by molar-refractivity contribution is 0.311. The molecule has 0 aliphatic carbocycles. The van der Waals surface area contributed by atoms with Crippen molar-refractivity contribution < 1.29 is 4.74 Å². The summed E-state index contributed by atoms with van der Waals surface area (Å²) in [5.74, 6) is 0.918. The molecule has 1 aromatic rings. The van der Waals surface area contributed by atoms with Gasteiger partial charge in [0.15, 0.2) is 0 Å². The van der Waals surface area contributed by atoms with E-state index in [1.54, 1.807) is 0 Å². The van der Waals surface area contributed by atoms with Crippen molar-refractivity contribution in [3.8, 4) is 5.75 Å². The van der Waals surface area contributed by atoms with E-state index in [1.165, 1.54) is 0 Å². The van der Waals surface area contributed by atoms with E-state index in [9.17, 15) is 0 Å². The van der Waals surface area contributed by atoms with Crippen LogP contribution >= 0.6 is 28.1 Å². The third-order valence-electron chi connectivity index (χ3n) is 1.96. The van der Waals surface area contributed by atoms with Crippen LogP contribution in [0.2, 0.25) is 0 Å². The van der Waals surface area contributed by atoms with E-state index in [2.05, 4.69) is 15.9 Å². The molecule has 0 spiro atoms. The summed E-state index contributed by atoms with van der Waals surface area (Å²) in [5, 5.41) is 0. The third-order valence-corrected chi connectivity index (χ3v) is 2.66. The van der Waals surface area contributed by atoms with Crippen molar-refractivity contribution in [2.45, 2.75) is 19.8 Å². The van der Waals surface area contributed by atoms with Crippen molar-refractivity contribution in [1.29, 1.82) is 0 Å². The van der Waals surface area contributed by atoms with E-state index in [1.807, 2.05) is 25.1 Å². The summed E-state index contributed by atoms with van der Waals surface area (Å²) in [6, 6.07) is 5.96. The minimum absolute atomic E-state index is 0.547. The van der Waals surface area contributed by atoms with Gasteiger partial charge in [0.05, 0.1) is 11.6 Å². The predicted molar refractivity (Wildman–Crippen MR) is 70.4 cm³/mol. The van der Waals surface area contributed by atoms with Gasteiger partial charge in [-0.2, -0.15) is 0 Å². The average Bonchev–Trinajstić information content (AvgIpc) is 2.14. The van der Waals surface area contributed by atoms with Gasteiger partial charge in [-0.05, 0) is 37.1 Å². The quantitative estimate of drug-likeness (QED) is 0.667. The van der Waals surface area contributed by atoms with Crippen LogP contribution in [0.1, 0.15) is 18.4 Å². The number of rotatable bonds is 5. The van der Waals surface area contributed by atoms with Gasteiger partial charge in [0.25, 0.3) is 0 Å². The molecule has 0 heterocycles. The number of halogens is 1. The zero-order chi connectivity index (χ0) is 11.3. The van der Waals surface area contributed by atoms with Crippen LogP contribution < -0.4 is 10.5 Å². The van der Waals surface area contributed by atoms with Crippen LogP contribution in [-0.2, 0) is 0 Å². The molecule has 2 N–H and O–H groups in total. The molecular weight excluding hydrogens is 274 g/mol. The van der Waals surface area contributed by atoms with Crippen molar-refractivity contribution in [1.82, 2.24) is 0 Å². The summed E-state index contributed by atoms with van der Waals surface area (Å²) < 4.78 is 6.67. The lowest BCUT2D eigenvalue weighted by atomic mass is 10.2. The van der Waals surface area contributed by atoms with E-state index in [0.717, 1.165) is 28.6 Å². The van der Waals surface area contributed by atoms with E-state index in [0.29, 0.717) is 11.6 Å². The van der Waals surface area contributed by atoms with Gasteiger partial charge < -0.3 is 10.5 Å². The SMILES string of the molecule is Cc1cc(Br)ccc1OCCCC(N)=S. The Balaban J connectivity index is 2.40. The van der Waals surface area contributed by atoms with Crippen LogP contribution in [0.5, 0.6) is 5.75 Å². The molecule has 1 aromatic carbocycles. The van der Waals surface area contributed by atoms with Gasteiger partial charge in [-0.3, -0.25) is 0 Å². The molecule has 0 saturated heterocycles. The molecule has 4 heteroatoms. The van der Waals surface area contributed by atoms with Gasteiger partial charge in [0, 0.05) is 10.9 Å². The topological polar surface area (TPSA) is 35.2 Å². The van der Waals surface area contributed by atoms with Gasteiger partial charge in [-0.25, -0.2) is 0 Å². The second-order valence-corrected chi connectivity index (χ2v) is 4.77. The zero-order valence-corrected chi connectivity index (χ0v) is 11.0. The van der Waals surface area contributed by atoms with Crippen molar-refractivity contribution in [3.05, 3.63) is 28.2 Å². The Morgan fingerprint density at radius 3 is 2.87 bits per heavy atom. The number of thiocarbonyl (C=S) groups is 1. The summed E-state index contributed by atoms with van der Waals surface area (Å²) in [7, 11) is 0. The number of hydrogen-bond donors (Lipinski definition) is 1. The van der Waals surface area contributed by atoms with Gasteiger partial charge in [0.1, 0.15) is 5.75 Å². The van der Waals surface area contributed by atoms with Crippen molar-refractivity contribution >= 4 is 33.1 Å². The highest BCUT2D eigenvalue weighted by molar-refractivity contribution is 9.10. The highest BCUT2D eigenvalue weighted by Gasteiger charge is 1.99. The molecule has 0 fully saturated rings. The van der Waals surface area contributed by atoms with Crippen LogP contribution in [0.3, 0.4) is 0 Å². The van der Waals surface area contributed by atoms with E-state index >= 15 is 0 Å². The normalized spacial score (nSPS) is 10.0. The van der Waals surface area contributed by atoms with E-state index in [-0.39, 0.29) is 0 Å². The molecule has 0 bridgehead atoms. The maximum absolute atomic E-state index is 5.61. The van der Waals surface area contributed by atoms with Crippen LogP contribution in [0.15, 0.2) is 22.7 Å². The lowest BCUT2D eigenvalue weighted by Crippen LogP contribution is -2.09. The highest BCUT2D eigenvalue weighted by atomic mass is 79.9. The fourth-order valence-electron chi connectivity index (χ4n) is 1.20. The van der Waals surface area contributed by atoms with Crippen LogP contribution in [0, 0.1) is 6.92 Å². The molecule has 2 nitrogen and oxygen atoms in total. The summed E-state index contributed by atoms with van der Waals surface area (Å²) in [6.45, 7) is 2.67. The Labute approximate surface area is 104 Å². The largest absolute Gasteiger partial charge is 0.493 e. The molecule has 0 aliphatic heterocycles. The van der Waals surface area contributed by atoms with E-state index in [4.69, 9.17) is 22.7 Å². The summed E-state index contributed by atoms with van der Waals surface area (Å²) in [6.07, 6.45) is 1.61. The number of benzene rings is 1. The second kappa shape index (κ2) is 6.08. The number of ether oxygens (including phenoxy) is 1. The first-order chi connectivity index (χ1) is 7.09. The summed E-state index contributed by atoms with van der Waals surface area (Å²) >= 11 is 8.19. The standard InChI is InChI=1S/C11H14BrNOS/c1-8-7-9(12)4-5-10(8)14-6-2-3-11(13)15/h4-5,7H,2-3,6H2,1H3,(H2,13,15). The van der Waals surface area contributed by atoms with E-state index < -0.39 is 0 Å². The zero-order valence-electron chi connectivity index (χ0n) is 8.63. The molecule has 0 atom stereocenters. The van der Waals surface area contributed by atoms with Gasteiger partial charge in [-0.1, -0.05) is 28.1 Å². The van der Waals surface area contributed by atoms with Crippen molar-refractivity contribution in [2.24, 2.45) is 5.73 Å². The monoisotopic (exact) mass is 287 g/mol. The Kier molecular flexibility index (Phi) is 5.05. The minimum atomic E-state index is 0.547. The number of nitrogens with two attached hydrogens (primary N) is 1. The fourth-order valence-corrected chi connectivity index (χ4v) is 1.82. The number of aryl methyl sites for hydroxylation is 1. The molecule has 0 aliphatic rings. The van der Waals surface area contributed by atoms with Crippen LogP contribution in [-0.4, -0.2) is 11.6 Å². The Bertz CT molecular complexity index is 354. The lowest BCUT2D eigenvalue weighted by Gasteiger charge is -2.08. The van der Waals surface area contributed by atoms with Gasteiger partial charge >= 0.3 is 0 Å².